The lowest BCUT2D eigenvalue weighted by atomic mass is 10.2. The van der Waals surface area contributed by atoms with E-state index in [0.29, 0.717) is 6.42 Å². The van der Waals surface area contributed by atoms with Crippen LogP contribution in [0.1, 0.15) is 5.69 Å². The molecule has 0 saturated heterocycles. The Labute approximate surface area is 149 Å². The molecule has 5 nitrogen and oxygen atoms in total. The summed E-state index contributed by atoms with van der Waals surface area (Å²) in [7, 11) is -3.67. The van der Waals surface area contributed by atoms with Crippen LogP contribution in [0.5, 0.6) is 0 Å². The first-order valence-electron chi connectivity index (χ1n) is 7.14. The minimum Gasteiger partial charge on any atom is -0.261 e. The van der Waals surface area contributed by atoms with Crippen LogP contribution in [0.25, 0.3) is 10.4 Å². The summed E-state index contributed by atoms with van der Waals surface area (Å²) in [4.78, 5) is 9.16. The van der Waals surface area contributed by atoms with Crippen LogP contribution in [0.4, 0.5) is 0 Å². The van der Waals surface area contributed by atoms with E-state index < -0.39 is 10.0 Å². The van der Waals surface area contributed by atoms with Crippen molar-refractivity contribution in [2.24, 2.45) is 0 Å². The molecular formula is C16H14ClN3O2S2. The molecule has 0 fully saturated rings. The maximum absolute atomic E-state index is 12.4. The van der Waals surface area contributed by atoms with Gasteiger partial charge in [-0.2, -0.15) is 0 Å². The molecule has 0 aliphatic rings. The number of nitrogens with zero attached hydrogens (tertiary/aromatic N) is 2. The molecular weight excluding hydrogens is 366 g/mol. The number of thiophene rings is 1. The van der Waals surface area contributed by atoms with Gasteiger partial charge in [-0.1, -0.05) is 23.7 Å². The van der Waals surface area contributed by atoms with Gasteiger partial charge in [-0.15, -0.1) is 11.3 Å². The third-order valence-corrected chi connectivity index (χ3v) is 6.18. The van der Waals surface area contributed by atoms with Crippen LogP contribution in [0, 0.1) is 0 Å². The summed E-state index contributed by atoms with van der Waals surface area (Å²) >= 11 is 7.76. The van der Waals surface area contributed by atoms with E-state index in [-0.39, 0.29) is 16.5 Å². The van der Waals surface area contributed by atoms with Crippen molar-refractivity contribution in [1.29, 1.82) is 0 Å². The zero-order valence-electron chi connectivity index (χ0n) is 12.5. The number of halogens is 1. The normalized spacial score (nSPS) is 11.5. The molecule has 0 bridgehead atoms. The largest absolute Gasteiger partial charge is 0.261 e. The summed E-state index contributed by atoms with van der Waals surface area (Å²) in [6, 6.07) is 8.86. The van der Waals surface area contributed by atoms with Crippen LogP contribution in [0.15, 0.2) is 59.2 Å². The Hall–Kier alpha value is -1.80. The zero-order valence-corrected chi connectivity index (χ0v) is 14.9. The van der Waals surface area contributed by atoms with Crippen LogP contribution < -0.4 is 4.72 Å². The fraction of sp³-hybridized carbons (Fsp3) is 0.125. The number of hydrogen-bond donors (Lipinski definition) is 1. The van der Waals surface area contributed by atoms with Gasteiger partial charge in [-0.25, -0.2) is 13.1 Å². The van der Waals surface area contributed by atoms with Crippen LogP contribution in [-0.4, -0.2) is 24.9 Å². The predicted octanol–water partition coefficient (Wildman–Crippen LogP) is 3.38. The third-order valence-electron chi connectivity index (χ3n) is 3.32. The van der Waals surface area contributed by atoms with Gasteiger partial charge < -0.3 is 0 Å². The molecule has 8 heteroatoms. The van der Waals surface area contributed by atoms with E-state index in [9.17, 15) is 8.42 Å². The van der Waals surface area contributed by atoms with Gasteiger partial charge in [0.1, 0.15) is 4.90 Å². The maximum atomic E-state index is 12.4. The zero-order chi connectivity index (χ0) is 17.0. The minimum atomic E-state index is -3.67. The molecule has 3 rings (SSSR count). The van der Waals surface area contributed by atoms with Crippen LogP contribution >= 0.6 is 22.9 Å². The summed E-state index contributed by atoms with van der Waals surface area (Å²) in [6.45, 7) is 0.226. The molecule has 124 valence electrons. The van der Waals surface area contributed by atoms with Crippen molar-refractivity contribution in [2.75, 3.05) is 6.54 Å². The summed E-state index contributed by atoms with van der Waals surface area (Å²) in [5.74, 6) is 0. The van der Waals surface area contributed by atoms with E-state index in [1.807, 2.05) is 17.5 Å². The van der Waals surface area contributed by atoms with E-state index in [1.54, 1.807) is 42.1 Å². The molecule has 0 unspecified atom stereocenters. The van der Waals surface area contributed by atoms with Gasteiger partial charge >= 0.3 is 0 Å². The van der Waals surface area contributed by atoms with Crippen LogP contribution in [-0.2, 0) is 16.4 Å². The topological polar surface area (TPSA) is 72.0 Å². The number of sulfonamides is 1. The quantitative estimate of drug-likeness (QED) is 0.712. The average Bonchev–Trinajstić information content (AvgIpc) is 3.10. The predicted molar refractivity (Wildman–Crippen MR) is 95.7 cm³/mol. The lowest BCUT2D eigenvalue weighted by molar-refractivity contribution is 0.581. The fourth-order valence-electron chi connectivity index (χ4n) is 2.17. The Bertz CT molecular complexity index is 914. The second-order valence-corrected chi connectivity index (χ2v) is 8.06. The SMILES string of the molecule is O=S(=O)(NCCc1cnccn1)c1ccc(-c2cccs2)cc1Cl. The lowest BCUT2D eigenvalue weighted by Crippen LogP contribution is -2.26. The minimum absolute atomic E-state index is 0.0728. The highest BCUT2D eigenvalue weighted by molar-refractivity contribution is 7.89. The lowest BCUT2D eigenvalue weighted by Gasteiger charge is -2.09. The van der Waals surface area contributed by atoms with Crippen molar-refractivity contribution in [3.8, 4) is 10.4 Å². The maximum Gasteiger partial charge on any atom is 0.242 e. The van der Waals surface area contributed by atoms with E-state index in [2.05, 4.69) is 14.7 Å². The Morgan fingerprint density at radius 3 is 2.75 bits per heavy atom. The summed E-state index contributed by atoms with van der Waals surface area (Å²) in [5.41, 5.74) is 1.62. The molecule has 0 saturated carbocycles. The molecule has 2 aromatic heterocycles. The van der Waals surface area contributed by atoms with Crippen molar-refractivity contribution in [3.05, 3.63) is 65.0 Å². The van der Waals surface area contributed by atoms with Gasteiger partial charge in [0.05, 0.1) is 10.7 Å². The van der Waals surface area contributed by atoms with Gasteiger partial charge in [0.2, 0.25) is 10.0 Å². The van der Waals surface area contributed by atoms with E-state index in [0.717, 1.165) is 16.1 Å². The number of nitrogens with one attached hydrogen (secondary N) is 1. The van der Waals surface area contributed by atoms with Crippen LogP contribution in [0.3, 0.4) is 0 Å². The second-order valence-electron chi connectivity index (χ2n) is 4.97. The van der Waals surface area contributed by atoms with Gasteiger partial charge in [-0.3, -0.25) is 9.97 Å². The summed E-state index contributed by atoms with van der Waals surface area (Å²) in [6.07, 6.45) is 5.21. The highest BCUT2D eigenvalue weighted by Crippen LogP contribution is 2.30. The highest BCUT2D eigenvalue weighted by Gasteiger charge is 2.18. The Balaban J connectivity index is 1.72. The Morgan fingerprint density at radius 2 is 2.08 bits per heavy atom. The van der Waals surface area contributed by atoms with Gasteiger partial charge in [-0.05, 0) is 29.1 Å². The smallest absolute Gasteiger partial charge is 0.242 e. The van der Waals surface area contributed by atoms with Crippen LogP contribution in [0.2, 0.25) is 5.02 Å². The Kier molecular flexibility index (Phi) is 5.25. The molecule has 1 aromatic carbocycles. The molecule has 0 amide bonds. The summed E-state index contributed by atoms with van der Waals surface area (Å²) < 4.78 is 27.4. The van der Waals surface area contributed by atoms with E-state index in [4.69, 9.17) is 11.6 Å². The number of benzene rings is 1. The molecule has 0 atom stereocenters. The Morgan fingerprint density at radius 1 is 1.21 bits per heavy atom. The van der Waals surface area contributed by atoms with Crippen molar-refractivity contribution < 1.29 is 8.42 Å². The van der Waals surface area contributed by atoms with Gasteiger partial charge in [0.25, 0.3) is 0 Å². The molecule has 3 aromatic rings. The number of aromatic nitrogens is 2. The van der Waals surface area contributed by atoms with Crippen molar-refractivity contribution >= 4 is 33.0 Å². The molecule has 2 heterocycles. The number of rotatable bonds is 6. The third kappa shape index (κ3) is 3.99. The number of hydrogen-bond acceptors (Lipinski definition) is 5. The fourth-order valence-corrected chi connectivity index (χ4v) is 4.46. The second kappa shape index (κ2) is 7.40. The molecule has 1 N–H and O–H groups in total. The first kappa shape index (κ1) is 17.0. The van der Waals surface area contributed by atoms with E-state index >= 15 is 0 Å². The van der Waals surface area contributed by atoms with Crippen molar-refractivity contribution in [3.63, 3.8) is 0 Å². The first-order valence-corrected chi connectivity index (χ1v) is 9.88. The molecule has 0 aliphatic carbocycles. The molecule has 0 aliphatic heterocycles. The van der Waals surface area contributed by atoms with Gasteiger partial charge in [0, 0.05) is 36.4 Å². The molecule has 0 radical (unpaired) electrons. The molecule has 0 spiro atoms. The average molecular weight is 380 g/mol. The van der Waals surface area contributed by atoms with Crippen molar-refractivity contribution in [1.82, 2.24) is 14.7 Å². The van der Waals surface area contributed by atoms with Crippen molar-refractivity contribution in [2.45, 2.75) is 11.3 Å². The molecule has 24 heavy (non-hydrogen) atoms. The summed E-state index contributed by atoms with van der Waals surface area (Å²) in [5, 5.41) is 2.16. The van der Waals surface area contributed by atoms with Gasteiger partial charge in [0.15, 0.2) is 0 Å². The standard InChI is InChI=1S/C16H14ClN3O2S2/c17-14-10-12(15-2-1-9-23-15)3-4-16(14)24(21,22)20-6-5-13-11-18-7-8-19-13/h1-4,7-11,20H,5-6H2. The monoisotopic (exact) mass is 379 g/mol. The highest BCUT2D eigenvalue weighted by atomic mass is 35.5. The first-order chi connectivity index (χ1) is 11.6. The van der Waals surface area contributed by atoms with E-state index in [1.165, 1.54) is 6.07 Å².